The fourth-order valence-corrected chi connectivity index (χ4v) is 2.75. The molecule has 0 aromatic heterocycles. The number of carbonyl (C=O) groups excluding carboxylic acids is 1. The van der Waals surface area contributed by atoms with Crippen LogP contribution in [0.5, 0.6) is 0 Å². The quantitative estimate of drug-likeness (QED) is 0.703. The predicted molar refractivity (Wildman–Crippen MR) is 91.2 cm³/mol. The summed E-state index contributed by atoms with van der Waals surface area (Å²) in [7, 11) is 1.89. The Hall–Kier alpha value is -1.66. The number of amides is 1. The van der Waals surface area contributed by atoms with Crippen molar-refractivity contribution >= 4 is 11.6 Å². The van der Waals surface area contributed by atoms with Crippen LogP contribution in [0.25, 0.3) is 0 Å². The molecule has 5 nitrogen and oxygen atoms in total. The second kappa shape index (κ2) is 9.47. The van der Waals surface area contributed by atoms with Crippen LogP contribution >= 0.6 is 0 Å². The SMILES string of the molecule is CNCCCC(=O)NCCN1CCN(c2ccc(F)cc2)CC1. The van der Waals surface area contributed by atoms with E-state index in [0.29, 0.717) is 13.0 Å². The van der Waals surface area contributed by atoms with Crippen LogP contribution in [0.1, 0.15) is 12.8 Å². The highest BCUT2D eigenvalue weighted by Crippen LogP contribution is 2.16. The summed E-state index contributed by atoms with van der Waals surface area (Å²) in [5.74, 6) is -0.0666. The first kappa shape index (κ1) is 17.7. The first-order valence-corrected chi connectivity index (χ1v) is 8.33. The molecule has 1 aromatic rings. The van der Waals surface area contributed by atoms with Gasteiger partial charge in [-0.3, -0.25) is 9.69 Å². The van der Waals surface area contributed by atoms with E-state index in [1.807, 2.05) is 19.2 Å². The van der Waals surface area contributed by atoms with Gasteiger partial charge in [-0.2, -0.15) is 0 Å². The zero-order chi connectivity index (χ0) is 16.5. The van der Waals surface area contributed by atoms with E-state index in [0.717, 1.165) is 51.4 Å². The smallest absolute Gasteiger partial charge is 0.220 e. The Bertz CT molecular complexity index is 472. The molecular formula is C17H27FN4O. The highest BCUT2D eigenvalue weighted by atomic mass is 19.1. The number of anilines is 1. The summed E-state index contributed by atoms with van der Waals surface area (Å²) in [4.78, 5) is 16.3. The minimum Gasteiger partial charge on any atom is -0.369 e. The summed E-state index contributed by atoms with van der Waals surface area (Å²) >= 11 is 0. The fourth-order valence-electron chi connectivity index (χ4n) is 2.75. The van der Waals surface area contributed by atoms with Crippen molar-refractivity contribution in [1.29, 1.82) is 0 Å². The van der Waals surface area contributed by atoms with Gasteiger partial charge in [-0.25, -0.2) is 4.39 Å². The van der Waals surface area contributed by atoms with Crippen LogP contribution in [-0.4, -0.2) is 63.7 Å². The standard InChI is InChI=1S/C17H27FN4O/c1-19-8-2-3-17(23)20-9-10-21-11-13-22(14-12-21)16-6-4-15(18)5-7-16/h4-7,19H,2-3,8-14H2,1H3,(H,20,23). The molecule has 0 atom stereocenters. The van der Waals surface area contributed by atoms with Crippen LogP contribution in [0, 0.1) is 5.82 Å². The van der Waals surface area contributed by atoms with Gasteiger partial charge in [0.05, 0.1) is 0 Å². The molecule has 6 heteroatoms. The Morgan fingerprint density at radius 1 is 1.13 bits per heavy atom. The van der Waals surface area contributed by atoms with Crippen molar-refractivity contribution in [3.8, 4) is 0 Å². The normalized spacial score (nSPS) is 15.7. The summed E-state index contributed by atoms with van der Waals surface area (Å²) < 4.78 is 13.0. The molecule has 1 aliphatic rings. The molecule has 1 heterocycles. The number of piperazine rings is 1. The molecule has 1 aliphatic heterocycles. The molecule has 2 N–H and O–H groups in total. The summed E-state index contributed by atoms with van der Waals surface area (Å²) in [5.41, 5.74) is 1.07. The average Bonchev–Trinajstić information content (AvgIpc) is 2.57. The molecule has 0 aliphatic carbocycles. The molecule has 128 valence electrons. The molecule has 0 saturated carbocycles. The lowest BCUT2D eigenvalue weighted by Gasteiger charge is -2.36. The van der Waals surface area contributed by atoms with Gasteiger partial charge in [0, 0.05) is 51.4 Å². The van der Waals surface area contributed by atoms with Gasteiger partial charge in [-0.05, 0) is 44.3 Å². The summed E-state index contributed by atoms with van der Waals surface area (Å²) in [6, 6.07) is 6.67. The molecule has 0 unspecified atom stereocenters. The first-order chi connectivity index (χ1) is 11.2. The molecule has 1 saturated heterocycles. The average molecular weight is 322 g/mol. The number of hydrogen-bond donors (Lipinski definition) is 2. The number of hydrogen-bond acceptors (Lipinski definition) is 4. The van der Waals surface area contributed by atoms with Crippen molar-refractivity contribution in [3.63, 3.8) is 0 Å². The van der Waals surface area contributed by atoms with E-state index < -0.39 is 0 Å². The van der Waals surface area contributed by atoms with Gasteiger partial charge in [0.25, 0.3) is 0 Å². The molecule has 2 rings (SSSR count). The third kappa shape index (κ3) is 6.15. The van der Waals surface area contributed by atoms with Gasteiger partial charge in [-0.1, -0.05) is 0 Å². The molecular weight excluding hydrogens is 295 g/mol. The minimum atomic E-state index is -0.196. The lowest BCUT2D eigenvalue weighted by Crippen LogP contribution is -2.48. The highest BCUT2D eigenvalue weighted by molar-refractivity contribution is 5.75. The van der Waals surface area contributed by atoms with E-state index in [9.17, 15) is 9.18 Å². The van der Waals surface area contributed by atoms with Crippen LogP contribution in [0.15, 0.2) is 24.3 Å². The summed E-state index contributed by atoms with van der Waals surface area (Å²) in [6.45, 7) is 6.26. The lowest BCUT2D eigenvalue weighted by atomic mass is 10.2. The Kier molecular flexibility index (Phi) is 7.29. The Morgan fingerprint density at radius 2 is 1.83 bits per heavy atom. The Balaban J connectivity index is 1.61. The first-order valence-electron chi connectivity index (χ1n) is 8.33. The molecule has 1 amide bonds. The maximum atomic E-state index is 13.0. The van der Waals surface area contributed by atoms with Gasteiger partial charge in [-0.15, -0.1) is 0 Å². The van der Waals surface area contributed by atoms with Crippen LogP contribution in [0.2, 0.25) is 0 Å². The molecule has 0 radical (unpaired) electrons. The maximum absolute atomic E-state index is 13.0. The maximum Gasteiger partial charge on any atom is 0.220 e. The van der Waals surface area contributed by atoms with E-state index in [1.165, 1.54) is 12.1 Å². The van der Waals surface area contributed by atoms with Gasteiger partial charge >= 0.3 is 0 Å². The van der Waals surface area contributed by atoms with E-state index >= 15 is 0 Å². The van der Waals surface area contributed by atoms with E-state index in [-0.39, 0.29) is 11.7 Å². The topological polar surface area (TPSA) is 47.6 Å². The number of benzene rings is 1. The number of nitrogens with zero attached hydrogens (tertiary/aromatic N) is 2. The second-order valence-electron chi connectivity index (χ2n) is 5.86. The van der Waals surface area contributed by atoms with Crippen molar-refractivity contribution in [1.82, 2.24) is 15.5 Å². The van der Waals surface area contributed by atoms with Gasteiger partial charge in [0.1, 0.15) is 5.82 Å². The summed E-state index contributed by atoms with van der Waals surface area (Å²) in [6.07, 6.45) is 1.46. The molecule has 1 fully saturated rings. The molecule has 23 heavy (non-hydrogen) atoms. The zero-order valence-electron chi connectivity index (χ0n) is 13.9. The van der Waals surface area contributed by atoms with Crippen molar-refractivity contribution < 1.29 is 9.18 Å². The molecule has 0 spiro atoms. The van der Waals surface area contributed by atoms with E-state index in [1.54, 1.807) is 0 Å². The largest absolute Gasteiger partial charge is 0.369 e. The monoisotopic (exact) mass is 322 g/mol. The molecule has 1 aromatic carbocycles. The third-order valence-corrected chi connectivity index (χ3v) is 4.14. The summed E-state index contributed by atoms with van der Waals surface area (Å²) in [5, 5.41) is 6.01. The predicted octanol–water partition coefficient (Wildman–Crippen LogP) is 1.06. The number of rotatable bonds is 8. The van der Waals surface area contributed by atoms with Crippen LogP contribution < -0.4 is 15.5 Å². The van der Waals surface area contributed by atoms with Crippen molar-refractivity contribution in [2.75, 3.05) is 57.8 Å². The number of carbonyl (C=O) groups is 1. The van der Waals surface area contributed by atoms with E-state index in [2.05, 4.69) is 20.4 Å². The zero-order valence-corrected chi connectivity index (χ0v) is 13.9. The number of nitrogens with one attached hydrogen (secondary N) is 2. The van der Waals surface area contributed by atoms with Crippen molar-refractivity contribution in [3.05, 3.63) is 30.1 Å². The van der Waals surface area contributed by atoms with Crippen LogP contribution in [0.3, 0.4) is 0 Å². The van der Waals surface area contributed by atoms with Crippen molar-refractivity contribution in [2.24, 2.45) is 0 Å². The van der Waals surface area contributed by atoms with Crippen LogP contribution in [-0.2, 0) is 4.79 Å². The lowest BCUT2D eigenvalue weighted by molar-refractivity contribution is -0.121. The van der Waals surface area contributed by atoms with Gasteiger partial charge in [0.2, 0.25) is 5.91 Å². The highest BCUT2D eigenvalue weighted by Gasteiger charge is 2.16. The van der Waals surface area contributed by atoms with Crippen molar-refractivity contribution in [2.45, 2.75) is 12.8 Å². The second-order valence-corrected chi connectivity index (χ2v) is 5.86. The Labute approximate surface area is 137 Å². The van der Waals surface area contributed by atoms with Gasteiger partial charge < -0.3 is 15.5 Å². The van der Waals surface area contributed by atoms with E-state index in [4.69, 9.17) is 0 Å². The fraction of sp³-hybridized carbons (Fsp3) is 0.588. The number of halogens is 1. The van der Waals surface area contributed by atoms with Crippen LogP contribution in [0.4, 0.5) is 10.1 Å². The van der Waals surface area contributed by atoms with Gasteiger partial charge in [0.15, 0.2) is 0 Å². The molecule has 0 bridgehead atoms. The third-order valence-electron chi connectivity index (χ3n) is 4.14. The minimum absolute atomic E-state index is 0.130. The Morgan fingerprint density at radius 3 is 2.48 bits per heavy atom.